The molecule has 0 radical (unpaired) electrons. The molecule has 0 saturated carbocycles. The van der Waals surface area contributed by atoms with Crippen molar-refractivity contribution in [2.75, 3.05) is 7.11 Å². The molecule has 6 nitrogen and oxygen atoms in total. The molecule has 0 bridgehead atoms. The van der Waals surface area contributed by atoms with E-state index in [4.69, 9.17) is 23.2 Å². The molecule has 0 aliphatic rings. The van der Waals surface area contributed by atoms with Crippen molar-refractivity contribution in [3.8, 4) is 0 Å². The molecule has 9 heteroatoms. The summed E-state index contributed by atoms with van der Waals surface area (Å²) in [5.41, 5.74) is 0.872. The van der Waals surface area contributed by atoms with E-state index in [0.29, 0.717) is 21.0 Å². The number of hydrogen-bond acceptors (Lipinski definition) is 6. The average Bonchev–Trinajstić information content (AvgIpc) is 2.87. The topological polar surface area (TPSA) is 69.9 Å². The molecule has 0 fully saturated rings. The van der Waals surface area contributed by atoms with Crippen LogP contribution in [0, 0.1) is 0 Å². The number of ether oxygens (including phenoxy) is 1. The van der Waals surface area contributed by atoms with Crippen LogP contribution in [-0.2, 0) is 21.8 Å². The number of esters is 1. The van der Waals surface area contributed by atoms with Crippen LogP contribution in [0.5, 0.6) is 0 Å². The summed E-state index contributed by atoms with van der Waals surface area (Å²) in [5, 5.41) is 12.9. The van der Waals surface area contributed by atoms with E-state index in [1.165, 1.54) is 23.6 Å². The van der Waals surface area contributed by atoms with Crippen molar-refractivity contribution in [3.63, 3.8) is 0 Å². The van der Waals surface area contributed by atoms with Crippen LogP contribution in [-0.4, -0.2) is 33.3 Å². The lowest BCUT2D eigenvalue weighted by atomic mass is 10.2. The van der Waals surface area contributed by atoms with Gasteiger partial charge in [-0.25, -0.2) is 4.68 Å². The normalized spacial score (nSPS) is 10.6. The van der Waals surface area contributed by atoms with Crippen LogP contribution in [0.3, 0.4) is 0 Å². The van der Waals surface area contributed by atoms with Gasteiger partial charge in [-0.05, 0) is 34.2 Å². The van der Waals surface area contributed by atoms with Crippen molar-refractivity contribution in [2.45, 2.75) is 17.5 Å². The van der Waals surface area contributed by atoms with Crippen molar-refractivity contribution in [3.05, 3.63) is 33.8 Å². The van der Waals surface area contributed by atoms with Crippen molar-refractivity contribution in [1.82, 2.24) is 20.2 Å². The van der Waals surface area contributed by atoms with Crippen LogP contribution in [0.25, 0.3) is 0 Å². The van der Waals surface area contributed by atoms with Gasteiger partial charge < -0.3 is 4.74 Å². The zero-order valence-corrected chi connectivity index (χ0v) is 12.7. The highest BCUT2D eigenvalue weighted by Gasteiger charge is 2.12. The van der Waals surface area contributed by atoms with Gasteiger partial charge in [-0.2, -0.15) is 0 Å². The fourth-order valence-electron chi connectivity index (χ4n) is 1.38. The number of thioether (sulfide) groups is 1. The minimum absolute atomic E-state index is 0.0326. The maximum absolute atomic E-state index is 11.2. The van der Waals surface area contributed by atoms with Crippen molar-refractivity contribution >= 4 is 40.9 Å². The Morgan fingerprint density at radius 3 is 3.00 bits per heavy atom. The fourth-order valence-corrected chi connectivity index (χ4v) is 2.71. The zero-order chi connectivity index (χ0) is 14.5. The first kappa shape index (κ1) is 15.1. The van der Waals surface area contributed by atoms with Gasteiger partial charge in [0.25, 0.3) is 0 Å². The highest BCUT2D eigenvalue weighted by atomic mass is 35.5. The Kier molecular flexibility index (Phi) is 5.22. The summed E-state index contributed by atoms with van der Waals surface area (Å²) < 4.78 is 5.94. The first-order chi connectivity index (χ1) is 9.60. The summed E-state index contributed by atoms with van der Waals surface area (Å²) in [7, 11) is 1.31. The first-order valence-electron chi connectivity index (χ1n) is 5.50. The number of aromatic nitrogens is 4. The van der Waals surface area contributed by atoms with Crippen molar-refractivity contribution < 1.29 is 9.53 Å². The predicted octanol–water partition coefficient (Wildman–Crippen LogP) is 2.45. The molecule has 20 heavy (non-hydrogen) atoms. The van der Waals surface area contributed by atoms with Gasteiger partial charge in [0.05, 0.1) is 7.11 Å². The maximum Gasteiger partial charge on any atom is 0.327 e. The molecule has 1 aromatic heterocycles. The number of hydrogen-bond donors (Lipinski definition) is 0. The average molecular weight is 333 g/mol. The molecule has 1 aromatic carbocycles. The molecule has 0 atom stereocenters. The molecule has 106 valence electrons. The van der Waals surface area contributed by atoms with Crippen LogP contribution in [0.2, 0.25) is 10.0 Å². The Morgan fingerprint density at radius 1 is 1.45 bits per heavy atom. The van der Waals surface area contributed by atoms with Crippen molar-refractivity contribution in [1.29, 1.82) is 0 Å². The molecule has 0 amide bonds. The van der Waals surface area contributed by atoms with E-state index in [9.17, 15) is 4.79 Å². The summed E-state index contributed by atoms with van der Waals surface area (Å²) in [6, 6.07) is 5.24. The number of methoxy groups -OCH3 is 1. The molecular formula is C11H10Cl2N4O2S. The third-order valence-electron chi connectivity index (χ3n) is 2.37. The Balaban J connectivity index is 2.06. The minimum Gasteiger partial charge on any atom is -0.468 e. The SMILES string of the molecule is COC(=O)Cn1nnnc1SCc1cc(Cl)ccc1Cl. The molecular weight excluding hydrogens is 323 g/mol. The zero-order valence-electron chi connectivity index (χ0n) is 10.4. The monoisotopic (exact) mass is 332 g/mol. The van der Waals surface area contributed by atoms with E-state index in [1.54, 1.807) is 18.2 Å². The van der Waals surface area contributed by atoms with Crippen LogP contribution in [0.15, 0.2) is 23.4 Å². The molecule has 0 N–H and O–H groups in total. The number of carbonyl (C=O) groups is 1. The summed E-state index contributed by atoms with van der Waals surface area (Å²) in [5.74, 6) is 0.126. The Morgan fingerprint density at radius 2 is 2.25 bits per heavy atom. The van der Waals surface area contributed by atoms with Gasteiger partial charge in [0, 0.05) is 15.8 Å². The third kappa shape index (κ3) is 3.84. The molecule has 0 aliphatic heterocycles. The van der Waals surface area contributed by atoms with Gasteiger partial charge in [-0.3, -0.25) is 4.79 Å². The summed E-state index contributed by atoms with van der Waals surface area (Å²) in [6.07, 6.45) is 0. The largest absolute Gasteiger partial charge is 0.468 e. The summed E-state index contributed by atoms with van der Waals surface area (Å²) in [4.78, 5) is 11.2. The summed E-state index contributed by atoms with van der Waals surface area (Å²) in [6.45, 7) is -0.0326. The van der Waals surface area contributed by atoms with Crippen molar-refractivity contribution in [2.24, 2.45) is 0 Å². The second-order valence-electron chi connectivity index (χ2n) is 3.72. The number of benzene rings is 1. The maximum atomic E-state index is 11.2. The highest BCUT2D eigenvalue weighted by Crippen LogP contribution is 2.27. The highest BCUT2D eigenvalue weighted by molar-refractivity contribution is 7.98. The predicted molar refractivity (Wildman–Crippen MR) is 75.9 cm³/mol. The second-order valence-corrected chi connectivity index (χ2v) is 5.51. The minimum atomic E-state index is -0.417. The Labute approximate surface area is 129 Å². The van der Waals surface area contributed by atoms with Gasteiger partial charge in [0.1, 0.15) is 6.54 Å². The lowest BCUT2D eigenvalue weighted by Crippen LogP contribution is -2.13. The van der Waals surface area contributed by atoms with E-state index in [2.05, 4.69) is 20.3 Å². The number of nitrogens with zero attached hydrogens (tertiary/aromatic N) is 4. The number of rotatable bonds is 5. The number of halogens is 2. The summed E-state index contributed by atoms with van der Waals surface area (Å²) >= 11 is 13.4. The van der Waals surface area contributed by atoms with E-state index >= 15 is 0 Å². The van der Waals surface area contributed by atoms with E-state index in [-0.39, 0.29) is 6.54 Å². The van der Waals surface area contributed by atoms with Gasteiger partial charge in [-0.1, -0.05) is 35.0 Å². The molecule has 2 rings (SSSR count). The van der Waals surface area contributed by atoms with Crippen LogP contribution >= 0.6 is 35.0 Å². The molecule has 0 unspecified atom stereocenters. The molecule has 0 spiro atoms. The quantitative estimate of drug-likeness (QED) is 0.618. The van der Waals surface area contributed by atoms with E-state index in [0.717, 1.165) is 5.56 Å². The molecule has 1 heterocycles. The van der Waals surface area contributed by atoms with E-state index < -0.39 is 5.97 Å². The molecule has 0 saturated heterocycles. The Hall–Kier alpha value is -1.31. The van der Waals surface area contributed by atoms with Gasteiger partial charge in [0.15, 0.2) is 0 Å². The van der Waals surface area contributed by atoms with Crippen LogP contribution < -0.4 is 0 Å². The van der Waals surface area contributed by atoms with Gasteiger partial charge in [0.2, 0.25) is 5.16 Å². The third-order valence-corrected chi connectivity index (χ3v) is 3.98. The smallest absolute Gasteiger partial charge is 0.327 e. The lowest BCUT2D eigenvalue weighted by Gasteiger charge is -2.05. The number of carbonyl (C=O) groups excluding carboxylic acids is 1. The number of tetrazole rings is 1. The van der Waals surface area contributed by atoms with Crippen LogP contribution in [0.1, 0.15) is 5.56 Å². The molecule has 0 aliphatic carbocycles. The van der Waals surface area contributed by atoms with E-state index in [1.807, 2.05) is 0 Å². The fraction of sp³-hybridized carbons (Fsp3) is 0.273. The first-order valence-corrected chi connectivity index (χ1v) is 7.24. The van der Waals surface area contributed by atoms with Gasteiger partial charge in [-0.15, -0.1) is 5.10 Å². The Bertz CT molecular complexity index is 620. The van der Waals surface area contributed by atoms with Crippen LogP contribution in [0.4, 0.5) is 0 Å². The van der Waals surface area contributed by atoms with Gasteiger partial charge >= 0.3 is 5.97 Å². The molecule has 2 aromatic rings. The second kappa shape index (κ2) is 6.92. The lowest BCUT2D eigenvalue weighted by molar-refractivity contribution is -0.141. The standard InChI is InChI=1S/C11H10Cl2N4O2S/c1-19-10(18)5-17-11(14-15-16-17)20-6-7-4-8(12)2-3-9(7)13/h2-4H,5-6H2,1H3.